The summed E-state index contributed by atoms with van der Waals surface area (Å²) in [7, 11) is 0. The molecule has 0 aromatic carbocycles. The number of esters is 1. The molecule has 1 heterocycles. The summed E-state index contributed by atoms with van der Waals surface area (Å²) in [4.78, 5) is 11.7. The minimum absolute atomic E-state index is 0.0695. The summed E-state index contributed by atoms with van der Waals surface area (Å²) in [6.07, 6.45) is 4.68. The van der Waals surface area contributed by atoms with E-state index >= 15 is 0 Å². The van der Waals surface area contributed by atoms with E-state index in [1.54, 1.807) is 32.9 Å². The Hall–Kier alpha value is -2.22. The van der Waals surface area contributed by atoms with E-state index in [1.165, 1.54) is 6.20 Å². The quantitative estimate of drug-likeness (QED) is 0.401. The van der Waals surface area contributed by atoms with E-state index in [2.05, 4.69) is 5.32 Å². The zero-order chi connectivity index (χ0) is 13.1. The van der Waals surface area contributed by atoms with Gasteiger partial charge in [0.05, 0.1) is 5.70 Å². The lowest BCUT2D eigenvalue weighted by Crippen LogP contribution is -2.26. The number of hydrogen-bond donors (Lipinski definition) is 2. The standard InChI is InChI=1S/C12H15N3O2/c1-12(2,3)17-11(16)9(6-13)10-5-4-8(14)7-15-10/h4-5,7,15H,14H2,1-3H3/b10-9+. The second kappa shape index (κ2) is 4.74. The number of hydrogen-bond acceptors (Lipinski definition) is 5. The van der Waals surface area contributed by atoms with Crippen molar-refractivity contribution in [3.8, 4) is 6.07 Å². The Kier molecular flexibility index (Phi) is 3.59. The first-order valence-corrected chi connectivity index (χ1v) is 5.11. The van der Waals surface area contributed by atoms with Crippen molar-refractivity contribution < 1.29 is 9.53 Å². The molecule has 0 saturated carbocycles. The molecule has 0 aromatic heterocycles. The molecule has 1 rings (SSSR count). The van der Waals surface area contributed by atoms with Gasteiger partial charge < -0.3 is 15.8 Å². The van der Waals surface area contributed by atoms with Gasteiger partial charge in [-0.3, -0.25) is 0 Å². The highest BCUT2D eigenvalue weighted by Gasteiger charge is 2.22. The Morgan fingerprint density at radius 1 is 1.47 bits per heavy atom. The van der Waals surface area contributed by atoms with E-state index in [0.717, 1.165) is 0 Å². The Balaban J connectivity index is 2.94. The first kappa shape index (κ1) is 12.8. The molecule has 1 aliphatic rings. The molecule has 0 aliphatic carbocycles. The summed E-state index contributed by atoms with van der Waals surface area (Å²) < 4.78 is 5.13. The van der Waals surface area contributed by atoms with Crippen LogP contribution in [0.3, 0.4) is 0 Å². The Morgan fingerprint density at radius 2 is 2.12 bits per heavy atom. The fraction of sp³-hybridized carbons (Fsp3) is 0.333. The van der Waals surface area contributed by atoms with Gasteiger partial charge in [0.2, 0.25) is 0 Å². The van der Waals surface area contributed by atoms with Gasteiger partial charge in [-0.2, -0.15) is 5.26 Å². The average Bonchev–Trinajstić information content (AvgIpc) is 2.19. The van der Waals surface area contributed by atoms with Gasteiger partial charge in [0, 0.05) is 11.9 Å². The van der Waals surface area contributed by atoms with Crippen molar-refractivity contribution in [2.45, 2.75) is 26.4 Å². The highest BCUT2D eigenvalue weighted by Crippen LogP contribution is 2.14. The van der Waals surface area contributed by atoms with Crippen LogP contribution in [0.15, 0.2) is 35.3 Å². The number of rotatable bonds is 1. The Labute approximate surface area is 100 Å². The van der Waals surface area contributed by atoms with Crippen LogP contribution in [0.25, 0.3) is 0 Å². The minimum atomic E-state index is -0.652. The fourth-order valence-electron chi connectivity index (χ4n) is 1.14. The van der Waals surface area contributed by atoms with Gasteiger partial charge in [-0.25, -0.2) is 4.79 Å². The van der Waals surface area contributed by atoms with Gasteiger partial charge in [-0.15, -0.1) is 0 Å². The van der Waals surface area contributed by atoms with E-state index in [1.807, 2.05) is 6.07 Å². The molecule has 0 radical (unpaired) electrons. The number of ether oxygens (including phenoxy) is 1. The molecular weight excluding hydrogens is 218 g/mol. The lowest BCUT2D eigenvalue weighted by molar-refractivity contribution is -0.149. The van der Waals surface area contributed by atoms with E-state index in [0.29, 0.717) is 11.4 Å². The molecule has 0 spiro atoms. The van der Waals surface area contributed by atoms with Crippen molar-refractivity contribution >= 4 is 5.97 Å². The summed E-state index contributed by atoms with van der Waals surface area (Å²) >= 11 is 0. The molecule has 0 fully saturated rings. The van der Waals surface area contributed by atoms with Crippen LogP contribution >= 0.6 is 0 Å². The molecule has 5 heteroatoms. The highest BCUT2D eigenvalue weighted by molar-refractivity contribution is 5.94. The van der Waals surface area contributed by atoms with Crippen LogP contribution in [0.2, 0.25) is 0 Å². The lowest BCUT2D eigenvalue weighted by atomic mass is 10.1. The second-order valence-corrected chi connectivity index (χ2v) is 4.52. The molecule has 5 nitrogen and oxygen atoms in total. The molecule has 0 amide bonds. The van der Waals surface area contributed by atoms with Crippen LogP contribution < -0.4 is 11.1 Å². The predicted octanol–water partition coefficient (Wildman–Crippen LogP) is 1.07. The third kappa shape index (κ3) is 3.68. The van der Waals surface area contributed by atoms with Crippen molar-refractivity contribution in [1.29, 1.82) is 5.26 Å². The normalized spacial score (nSPS) is 17.6. The van der Waals surface area contributed by atoms with Crippen molar-refractivity contribution in [2.75, 3.05) is 0 Å². The largest absolute Gasteiger partial charge is 0.456 e. The zero-order valence-electron chi connectivity index (χ0n) is 10.1. The van der Waals surface area contributed by atoms with Crippen molar-refractivity contribution in [2.24, 2.45) is 5.73 Å². The Bertz CT molecular complexity index is 459. The SMILES string of the molecule is CC(C)(C)OC(=O)/C(C#N)=C1\C=CC(N)=CN1. The average molecular weight is 233 g/mol. The number of dihydropyridines is 1. The molecule has 1 aliphatic heterocycles. The lowest BCUT2D eigenvalue weighted by Gasteiger charge is -2.20. The monoisotopic (exact) mass is 233 g/mol. The maximum absolute atomic E-state index is 11.7. The molecule has 0 aromatic rings. The number of nitriles is 1. The Morgan fingerprint density at radius 3 is 2.53 bits per heavy atom. The zero-order valence-corrected chi connectivity index (χ0v) is 10.1. The summed E-state index contributed by atoms with van der Waals surface area (Å²) in [5.41, 5.74) is 5.71. The van der Waals surface area contributed by atoms with E-state index in [-0.39, 0.29) is 5.57 Å². The smallest absolute Gasteiger partial charge is 0.351 e. The maximum atomic E-state index is 11.7. The van der Waals surface area contributed by atoms with Gasteiger partial charge in [0.1, 0.15) is 11.7 Å². The molecule has 3 N–H and O–H groups in total. The first-order chi connectivity index (χ1) is 7.83. The summed E-state index contributed by atoms with van der Waals surface area (Å²) in [5, 5.41) is 11.7. The van der Waals surface area contributed by atoms with E-state index in [9.17, 15) is 4.79 Å². The molecule has 17 heavy (non-hydrogen) atoms. The summed E-state index contributed by atoms with van der Waals surface area (Å²) in [6, 6.07) is 1.83. The molecule has 90 valence electrons. The predicted molar refractivity (Wildman–Crippen MR) is 63.0 cm³/mol. The number of nitrogens with zero attached hydrogens (tertiary/aromatic N) is 1. The van der Waals surface area contributed by atoms with Crippen molar-refractivity contribution in [3.63, 3.8) is 0 Å². The van der Waals surface area contributed by atoms with Crippen LogP contribution in [0, 0.1) is 11.3 Å². The molecular formula is C12H15N3O2. The molecule has 0 saturated heterocycles. The third-order valence-electron chi connectivity index (χ3n) is 1.82. The van der Waals surface area contributed by atoms with Gasteiger partial charge in [0.25, 0.3) is 0 Å². The van der Waals surface area contributed by atoms with Gasteiger partial charge in [0.15, 0.2) is 5.57 Å². The van der Waals surface area contributed by atoms with Gasteiger partial charge in [-0.05, 0) is 32.9 Å². The maximum Gasteiger partial charge on any atom is 0.351 e. The molecule has 0 unspecified atom stereocenters. The van der Waals surface area contributed by atoms with Crippen LogP contribution in [-0.2, 0) is 9.53 Å². The number of nitrogens with two attached hydrogens (primary N) is 1. The van der Waals surface area contributed by atoms with Crippen molar-refractivity contribution in [3.05, 3.63) is 35.3 Å². The van der Waals surface area contributed by atoms with Crippen molar-refractivity contribution in [1.82, 2.24) is 5.32 Å². The number of carbonyl (C=O) groups excluding carboxylic acids is 1. The number of nitrogens with one attached hydrogen (secondary N) is 1. The summed E-state index contributed by atoms with van der Waals surface area (Å²) in [5.74, 6) is -0.652. The minimum Gasteiger partial charge on any atom is -0.456 e. The van der Waals surface area contributed by atoms with Crippen LogP contribution in [0.5, 0.6) is 0 Å². The van der Waals surface area contributed by atoms with Crippen LogP contribution in [-0.4, -0.2) is 11.6 Å². The highest BCUT2D eigenvalue weighted by atomic mass is 16.6. The third-order valence-corrected chi connectivity index (χ3v) is 1.82. The number of carbonyl (C=O) groups is 1. The van der Waals surface area contributed by atoms with Gasteiger partial charge >= 0.3 is 5.97 Å². The second-order valence-electron chi connectivity index (χ2n) is 4.52. The molecule has 0 bridgehead atoms. The molecule has 0 atom stereocenters. The van der Waals surface area contributed by atoms with Crippen LogP contribution in [0.4, 0.5) is 0 Å². The summed E-state index contributed by atoms with van der Waals surface area (Å²) in [6.45, 7) is 5.23. The number of allylic oxidation sites excluding steroid dienone is 2. The van der Waals surface area contributed by atoms with E-state index in [4.69, 9.17) is 15.7 Å². The fourth-order valence-corrected chi connectivity index (χ4v) is 1.14. The topological polar surface area (TPSA) is 88.1 Å². The first-order valence-electron chi connectivity index (χ1n) is 5.11. The van der Waals surface area contributed by atoms with Gasteiger partial charge in [-0.1, -0.05) is 0 Å². The van der Waals surface area contributed by atoms with E-state index < -0.39 is 11.6 Å². The van der Waals surface area contributed by atoms with Crippen LogP contribution in [0.1, 0.15) is 20.8 Å².